The van der Waals surface area contributed by atoms with Crippen LogP contribution in [0.1, 0.15) is 5.56 Å². The van der Waals surface area contributed by atoms with Crippen LogP contribution in [-0.4, -0.2) is 36.7 Å². The van der Waals surface area contributed by atoms with Crippen molar-refractivity contribution in [1.82, 2.24) is 5.32 Å². The molecular formula is C12H15NO4. The molecule has 92 valence electrons. The Hall–Kier alpha value is -1.88. The SMILES string of the molecule is COC(=O)[C@@H](Cc1ccccc1)NC(=O)CO. The van der Waals surface area contributed by atoms with E-state index in [-0.39, 0.29) is 0 Å². The van der Waals surface area contributed by atoms with Crippen LogP contribution >= 0.6 is 0 Å². The van der Waals surface area contributed by atoms with Crippen molar-refractivity contribution in [2.24, 2.45) is 0 Å². The Kier molecular flexibility index (Phi) is 5.16. The Morgan fingerprint density at radius 1 is 1.35 bits per heavy atom. The average Bonchev–Trinajstić information content (AvgIpc) is 2.38. The first kappa shape index (κ1) is 13.2. The fourth-order valence-electron chi connectivity index (χ4n) is 1.43. The number of rotatable bonds is 5. The summed E-state index contributed by atoms with van der Waals surface area (Å²) in [7, 11) is 1.26. The fourth-order valence-corrected chi connectivity index (χ4v) is 1.43. The molecule has 2 N–H and O–H groups in total. The minimum absolute atomic E-state index is 0.333. The number of carbonyl (C=O) groups excluding carboxylic acids is 2. The molecule has 0 aromatic heterocycles. The van der Waals surface area contributed by atoms with Crippen molar-refractivity contribution in [3.8, 4) is 0 Å². The summed E-state index contributed by atoms with van der Waals surface area (Å²) in [6.07, 6.45) is 0.333. The third-order valence-corrected chi connectivity index (χ3v) is 2.25. The van der Waals surface area contributed by atoms with Gasteiger partial charge in [-0.05, 0) is 5.56 Å². The highest BCUT2D eigenvalue weighted by Gasteiger charge is 2.21. The number of hydrogen-bond acceptors (Lipinski definition) is 4. The lowest BCUT2D eigenvalue weighted by molar-refractivity contribution is -0.145. The zero-order valence-electron chi connectivity index (χ0n) is 9.55. The van der Waals surface area contributed by atoms with E-state index < -0.39 is 24.5 Å². The Balaban J connectivity index is 2.70. The molecule has 1 rings (SSSR count). The van der Waals surface area contributed by atoms with E-state index in [2.05, 4.69) is 10.1 Å². The van der Waals surface area contributed by atoms with E-state index in [4.69, 9.17) is 5.11 Å². The standard InChI is InChI=1S/C12H15NO4/c1-17-12(16)10(13-11(15)8-14)7-9-5-3-2-4-6-9/h2-6,10,14H,7-8H2,1H3,(H,13,15)/t10-/m1/s1. The van der Waals surface area contributed by atoms with Crippen molar-refractivity contribution in [3.05, 3.63) is 35.9 Å². The zero-order valence-corrected chi connectivity index (χ0v) is 9.55. The van der Waals surface area contributed by atoms with Crippen molar-refractivity contribution >= 4 is 11.9 Å². The maximum Gasteiger partial charge on any atom is 0.328 e. The monoisotopic (exact) mass is 237 g/mol. The molecule has 0 aliphatic rings. The van der Waals surface area contributed by atoms with Crippen molar-refractivity contribution in [2.45, 2.75) is 12.5 Å². The van der Waals surface area contributed by atoms with Gasteiger partial charge in [-0.25, -0.2) is 4.79 Å². The summed E-state index contributed by atoms with van der Waals surface area (Å²) in [6, 6.07) is 8.47. The van der Waals surface area contributed by atoms with Crippen molar-refractivity contribution in [2.75, 3.05) is 13.7 Å². The first-order valence-electron chi connectivity index (χ1n) is 5.19. The van der Waals surface area contributed by atoms with E-state index in [0.29, 0.717) is 6.42 Å². The number of nitrogens with one attached hydrogen (secondary N) is 1. The van der Waals surface area contributed by atoms with Crippen LogP contribution in [-0.2, 0) is 20.7 Å². The normalized spacial score (nSPS) is 11.6. The first-order chi connectivity index (χ1) is 8.17. The number of aliphatic hydroxyl groups excluding tert-OH is 1. The van der Waals surface area contributed by atoms with Crippen LogP contribution in [0.2, 0.25) is 0 Å². The molecule has 0 unspecified atom stereocenters. The molecule has 5 heteroatoms. The van der Waals surface area contributed by atoms with Crippen LogP contribution in [0.15, 0.2) is 30.3 Å². The minimum atomic E-state index is -0.776. The van der Waals surface area contributed by atoms with Gasteiger partial charge in [0.05, 0.1) is 7.11 Å². The number of methoxy groups -OCH3 is 1. The molecule has 17 heavy (non-hydrogen) atoms. The molecule has 1 aromatic carbocycles. The Bertz CT molecular complexity index is 377. The van der Waals surface area contributed by atoms with Gasteiger partial charge in [0, 0.05) is 6.42 Å². The second-order valence-corrected chi connectivity index (χ2v) is 3.49. The molecule has 0 radical (unpaired) electrons. The molecule has 0 aliphatic carbocycles. The third-order valence-electron chi connectivity index (χ3n) is 2.25. The number of aliphatic hydroxyl groups is 1. The molecule has 0 heterocycles. The van der Waals surface area contributed by atoms with E-state index >= 15 is 0 Å². The fraction of sp³-hybridized carbons (Fsp3) is 0.333. The Morgan fingerprint density at radius 2 is 2.00 bits per heavy atom. The molecule has 5 nitrogen and oxygen atoms in total. The Morgan fingerprint density at radius 3 is 2.53 bits per heavy atom. The van der Waals surface area contributed by atoms with Crippen LogP contribution in [0.5, 0.6) is 0 Å². The van der Waals surface area contributed by atoms with Crippen LogP contribution < -0.4 is 5.32 Å². The van der Waals surface area contributed by atoms with Gasteiger partial charge in [-0.1, -0.05) is 30.3 Å². The summed E-state index contributed by atoms with van der Waals surface area (Å²) >= 11 is 0. The van der Waals surface area contributed by atoms with Crippen LogP contribution in [0, 0.1) is 0 Å². The summed E-state index contributed by atoms with van der Waals surface area (Å²) in [5, 5.41) is 11.0. The van der Waals surface area contributed by atoms with Crippen LogP contribution in [0.25, 0.3) is 0 Å². The maximum atomic E-state index is 11.4. The van der Waals surface area contributed by atoms with Crippen molar-refractivity contribution in [3.63, 3.8) is 0 Å². The number of ether oxygens (including phenoxy) is 1. The molecule has 0 bridgehead atoms. The summed E-state index contributed by atoms with van der Waals surface area (Å²) in [5.41, 5.74) is 0.904. The van der Waals surface area contributed by atoms with Crippen LogP contribution in [0.3, 0.4) is 0 Å². The number of carbonyl (C=O) groups is 2. The second kappa shape index (κ2) is 6.65. The van der Waals surface area contributed by atoms with Crippen LogP contribution in [0.4, 0.5) is 0 Å². The smallest absolute Gasteiger partial charge is 0.328 e. The van der Waals surface area contributed by atoms with E-state index in [1.165, 1.54) is 7.11 Å². The van der Waals surface area contributed by atoms with Gasteiger partial charge in [0.25, 0.3) is 0 Å². The van der Waals surface area contributed by atoms with Gasteiger partial charge in [-0.2, -0.15) is 0 Å². The first-order valence-corrected chi connectivity index (χ1v) is 5.19. The van der Waals surface area contributed by atoms with E-state index in [1.807, 2.05) is 30.3 Å². The van der Waals surface area contributed by atoms with Gasteiger partial charge in [0.1, 0.15) is 12.6 Å². The number of benzene rings is 1. The summed E-state index contributed by atoms with van der Waals surface area (Å²) in [6.45, 7) is -0.651. The Labute approximate surface area is 99.4 Å². The molecule has 0 aliphatic heterocycles. The molecule has 0 saturated carbocycles. The number of amides is 1. The van der Waals surface area contributed by atoms with E-state index in [0.717, 1.165) is 5.56 Å². The summed E-state index contributed by atoms with van der Waals surface area (Å²) < 4.78 is 4.59. The lowest BCUT2D eigenvalue weighted by Crippen LogP contribution is -2.44. The highest BCUT2D eigenvalue weighted by molar-refractivity contribution is 5.85. The zero-order chi connectivity index (χ0) is 12.7. The van der Waals surface area contributed by atoms with Gasteiger partial charge >= 0.3 is 5.97 Å². The van der Waals surface area contributed by atoms with Gasteiger partial charge in [-0.15, -0.1) is 0 Å². The number of hydrogen-bond donors (Lipinski definition) is 2. The number of esters is 1. The van der Waals surface area contributed by atoms with Gasteiger partial charge in [0.15, 0.2) is 0 Å². The highest BCUT2D eigenvalue weighted by atomic mass is 16.5. The maximum absolute atomic E-state index is 11.4. The molecule has 0 fully saturated rings. The predicted octanol–water partition coefficient (Wildman–Crippen LogP) is -0.121. The van der Waals surface area contributed by atoms with E-state index in [1.54, 1.807) is 0 Å². The van der Waals surface area contributed by atoms with Gasteiger partial charge < -0.3 is 15.2 Å². The minimum Gasteiger partial charge on any atom is -0.467 e. The predicted molar refractivity (Wildman–Crippen MR) is 61.2 cm³/mol. The molecule has 1 atom stereocenters. The summed E-state index contributed by atoms with van der Waals surface area (Å²) in [5.74, 6) is -1.13. The highest BCUT2D eigenvalue weighted by Crippen LogP contribution is 2.04. The molecule has 1 amide bonds. The summed E-state index contributed by atoms with van der Waals surface area (Å²) in [4.78, 5) is 22.5. The topological polar surface area (TPSA) is 75.6 Å². The lowest BCUT2D eigenvalue weighted by Gasteiger charge is -2.15. The third kappa shape index (κ3) is 4.24. The van der Waals surface area contributed by atoms with Crippen molar-refractivity contribution in [1.29, 1.82) is 0 Å². The van der Waals surface area contributed by atoms with Gasteiger partial charge in [0.2, 0.25) is 5.91 Å². The quantitative estimate of drug-likeness (QED) is 0.700. The molecular weight excluding hydrogens is 222 g/mol. The second-order valence-electron chi connectivity index (χ2n) is 3.49. The average molecular weight is 237 g/mol. The van der Waals surface area contributed by atoms with Crippen molar-refractivity contribution < 1.29 is 19.4 Å². The molecule has 1 aromatic rings. The van der Waals surface area contributed by atoms with E-state index in [9.17, 15) is 9.59 Å². The molecule has 0 saturated heterocycles. The lowest BCUT2D eigenvalue weighted by atomic mass is 10.1. The largest absolute Gasteiger partial charge is 0.467 e. The van der Waals surface area contributed by atoms with Gasteiger partial charge in [-0.3, -0.25) is 4.79 Å². The molecule has 0 spiro atoms.